The molecule has 0 heterocycles. The van der Waals surface area contributed by atoms with E-state index in [1.54, 1.807) is 0 Å². The van der Waals surface area contributed by atoms with E-state index in [9.17, 15) is 9.50 Å². The molecule has 1 aromatic carbocycles. The lowest BCUT2D eigenvalue weighted by Crippen LogP contribution is -1.82. The van der Waals surface area contributed by atoms with Gasteiger partial charge in [-0.15, -0.1) is 0 Å². The normalized spacial score (nSPS) is 8.88. The molecule has 0 amide bonds. The van der Waals surface area contributed by atoms with E-state index in [4.69, 9.17) is 17.1 Å². The smallest absolute Gasteiger partial charge is 0.149 e. The molecule has 0 spiro atoms. The van der Waals surface area contributed by atoms with E-state index in [1.807, 2.05) is 0 Å². The van der Waals surface area contributed by atoms with Crippen molar-refractivity contribution in [2.75, 3.05) is 6.54 Å². The predicted octanol–water partition coefficient (Wildman–Crippen LogP) is 3.24. The maximum atomic E-state index is 12.9. The van der Waals surface area contributed by atoms with Crippen molar-refractivity contribution in [1.29, 1.82) is 0 Å². The number of halogens is 2. The quantitative estimate of drug-likeness (QED) is 0.278. The van der Waals surface area contributed by atoms with Crippen LogP contribution in [-0.2, 0) is 0 Å². The van der Waals surface area contributed by atoms with E-state index in [1.165, 1.54) is 0 Å². The minimum Gasteiger partial charge on any atom is -0.505 e. The topological polar surface area (TPSA) is 69.0 Å². The number of nitrogens with zero attached hydrogens (tertiary/aromatic N) is 3. The van der Waals surface area contributed by atoms with E-state index in [0.29, 0.717) is 6.42 Å². The Morgan fingerprint density at radius 2 is 2.31 bits per heavy atom. The van der Waals surface area contributed by atoms with Crippen molar-refractivity contribution in [2.45, 2.75) is 6.42 Å². The summed E-state index contributed by atoms with van der Waals surface area (Å²) in [6.45, 7) is 0.229. The highest BCUT2D eigenvalue weighted by atomic mass is 35.5. The Morgan fingerprint density at radius 3 is 3.00 bits per heavy atom. The Morgan fingerprint density at radius 1 is 1.56 bits per heavy atom. The second-order valence-corrected chi connectivity index (χ2v) is 3.20. The Bertz CT molecular complexity index is 501. The van der Waals surface area contributed by atoms with Crippen LogP contribution in [0.15, 0.2) is 17.2 Å². The highest BCUT2D eigenvalue weighted by molar-refractivity contribution is 6.32. The van der Waals surface area contributed by atoms with Gasteiger partial charge in [-0.1, -0.05) is 28.6 Å². The van der Waals surface area contributed by atoms with Crippen molar-refractivity contribution in [2.24, 2.45) is 5.11 Å². The molecule has 82 valence electrons. The van der Waals surface area contributed by atoms with Crippen molar-refractivity contribution < 1.29 is 9.50 Å². The second-order valence-electron chi connectivity index (χ2n) is 2.79. The van der Waals surface area contributed by atoms with Crippen molar-refractivity contribution in [3.63, 3.8) is 0 Å². The minimum absolute atomic E-state index is 0.0839. The van der Waals surface area contributed by atoms with E-state index >= 15 is 0 Å². The summed E-state index contributed by atoms with van der Waals surface area (Å²) in [4.78, 5) is 2.55. The molecule has 1 rings (SSSR count). The first-order valence-electron chi connectivity index (χ1n) is 4.33. The number of phenolic OH excluding ortho intramolecular Hbond substituents is 1. The van der Waals surface area contributed by atoms with E-state index in [0.717, 1.165) is 12.1 Å². The molecule has 0 atom stereocenters. The van der Waals surface area contributed by atoms with Crippen LogP contribution < -0.4 is 0 Å². The van der Waals surface area contributed by atoms with Gasteiger partial charge in [-0.25, -0.2) is 4.39 Å². The molecule has 1 N–H and O–H groups in total. The molecule has 0 saturated heterocycles. The average molecular weight is 240 g/mol. The molecule has 16 heavy (non-hydrogen) atoms. The summed E-state index contributed by atoms with van der Waals surface area (Å²) in [6, 6.07) is 2.09. The first-order chi connectivity index (χ1) is 7.65. The summed E-state index contributed by atoms with van der Waals surface area (Å²) in [7, 11) is 0. The Labute approximate surface area is 96.3 Å². The molecule has 0 aromatic heterocycles. The number of phenols is 1. The van der Waals surface area contributed by atoms with E-state index < -0.39 is 5.82 Å². The first kappa shape index (κ1) is 12.2. The summed E-state index contributed by atoms with van der Waals surface area (Å²) in [5.74, 6) is 4.36. The third-order valence-corrected chi connectivity index (χ3v) is 1.94. The lowest BCUT2D eigenvalue weighted by Gasteiger charge is -1.99. The molecule has 0 saturated carbocycles. The molecule has 0 fully saturated rings. The van der Waals surface area contributed by atoms with Gasteiger partial charge in [-0.2, -0.15) is 0 Å². The minimum atomic E-state index is -0.567. The maximum absolute atomic E-state index is 12.9. The Kier molecular flexibility index (Phi) is 4.46. The predicted molar refractivity (Wildman–Crippen MR) is 58.6 cm³/mol. The van der Waals surface area contributed by atoms with E-state index in [2.05, 4.69) is 21.9 Å². The molecule has 0 aliphatic carbocycles. The van der Waals surface area contributed by atoms with Crippen LogP contribution in [0.3, 0.4) is 0 Å². The van der Waals surface area contributed by atoms with Crippen molar-refractivity contribution >= 4 is 11.6 Å². The van der Waals surface area contributed by atoms with Crippen LogP contribution in [0.4, 0.5) is 4.39 Å². The third kappa shape index (κ3) is 3.35. The van der Waals surface area contributed by atoms with Crippen LogP contribution in [-0.4, -0.2) is 11.7 Å². The highest BCUT2D eigenvalue weighted by Gasteiger charge is 2.05. The lowest BCUT2D eigenvalue weighted by atomic mass is 10.2. The monoisotopic (exact) mass is 239 g/mol. The van der Waals surface area contributed by atoms with Crippen molar-refractivity contribution in [3.8, 4) is 17.6 Å². The molecular formula is C10H7ClFN3O. The molecule has 1 aromatic rings. The van der Waals surface area contributed by atoms with Gasteiger partial charge < -0.3 is 5.11 Å². The molecule has 4 nitrogen and oxygen atoms in total. The molecule has 6 heteroatoms. The fraction of sp³-hybridized carbons (Fsp3) is 0.200. The fourth-order valence-electron chi connectivity index (χ4n) is 0.970. The summed E-state index contributed by atoms with van der Waals surface area (Å²) in [6.07, 6.45) is 0.331. The van der Waals surface area contributed by atoms with Crippen molar-refractivity contribution in [3.05, 3.63) is 39.0 Å². The van der Waals surface area contributed by atoms with Gasteiger partial charge in [0.15, 0.2) is 0 Å². The Hall–Kier alpha value is -1.89. The van der Waals surface area contributed by atoms with Gasteiger partial charge in [0.1, 0.15) is 11.6 Å². The van der Waals surface area contributed by atoms with Gasteiger partial charge in [0.2, 0.25) is 0 Å². The summed E-state index contributed by atoms with van der Waals surface area (Å²) in [5.41, 5.74) is 8.12. The van der Waals surface area contributed by atoms with Gasteiger partial charge >= 0.3 is 0 Å². The molecule has 0 aliphatic rings. The molecule has 0 radical (unpaired) electrons. The molecular weight excluding hydrogens is 233 g/mol. The molecule has 0 bridgehead atoms. The number of benzene rings is 1. The molecule has 0 aliphatic heterocycles. The maximum Gasteiger partial charge on any atom is 0.149 e. The van der Waals surface area contributed by atoms with Crippen LogP contribution in [0.5, 0.6) is 5.75 Å². The van der Waals surface area contributed by atoms with Crippen molar-refractivity contribution in [1.82, 2.24) is 0 Å². The van der Waals surface area contributed by atoms with Gasteiger partial charge in [-0.3, -0.25) is 0 Å². The molecule has 0 unspecified atom stereocenters. The number of hydrogen-bond donors (Lipinski definition) is 1. The summed E-state index contributed by atoms with van der Waals surface area (Å²) < 4.78 is 12.9. The average Bonchev–Trinajstić information content (AvgIpc) is 2.24. The van der Waals surface area contributed by atoms with Gasteiger partial charge in [0.25, 0.3) is 0 Å². The van der Waals surface area contributed by atoms with Crippen LogP contribution in [0, 0.1) is 17.7 Å². The highest BCUT2D eigenvalue weighted by Crippen LogP contribution is 2.27. The zero-order valence-electron chi connectivity index (χ0n) is 8.11. The van der Waals surface area contributed by atoms with Gasteiger partial charge in [0, 0.05) is 17.9 Å². The van der Waals surface area contributed by atoms with Crippen LogP contribution in [0.25, 0.3) is 10.4 Å². The zero-order valence-corrected chi connectivity index (χ0v) is 8.87. The second kappa shape index (κ2) is 5.86. The third-order valence-electron chi connectivity index (χ3n) is 1.65. The fourth-order valence-corrected chi connectivity index (χ4v) is 1.18. The van der Waals surface area contributed by atoms with Crippen LogP contribution >= 0.6 is 11.6 Å². The number of azide groups is 1. The summed E-state index contributed by atoms with van der Waals surface area (Å²) in [5, 5.41) is 12.6. The van der Waals surface area contributed by atoms with Gasteiger partial charge in [-0.05, 0) is 17.7 Å². The summed E-state index contributed by atoms with van der Waals surface area (Å²) >= 11 is 5.56. The van der Waals surface area contributed by atoms with Crippen LogP contribution in [0.2, 0.25) is 5.02 Å². The Balaban J connectivity index is 2.84. The lowest BCUT2D eigenvalue weighted by molar-refractivity contribution is 0.471. The zero-order chi connectivity index (χ0) is 12.0. The van der Waals surface area contributed by atoms with E-state index in [-0.39, 0.29) is 22.9 Å². The van der Waals surface area contributed by atoms with Crippen LogP contribution in [0.1, 0.15) is 12.0 Å². The number of hydrogen-bond acceptors (Lipinski definition) is 2. The number of aromatic hydroxyl groups is 1. The van der Waals surface area contributed by atoms with Gasteiger partial charge in [0.05, 0.1) is 10.6 Å². The number of rotatable bonds is 2. The largest absolute Gasteiger partial charge is 0.505 e. The SMILES string of the molecule is [N-]=[N+]=NCCC#Cc1cc(F)cc(Cl)c1O. The standard InChI is InChI=1S/C10H7ClFN3O/c11-9-6-8(12)5-7(10(9)16)3-1-2-4-14-15-13/h5-6,16H,2,4H2. The first-order valence-corrected chi connectivity index (χ1v) is 4.70.